The van der Waals surface area contributed by atoms with Crippen LogP contribution < -0.4 is 9.47 Å². The third-order valence-electron chi connectivity index (χ3n) is 2.92. The minimum atomic E-state index is -3.61. The van der Waals surface area contributed by atoms with Gasteiger partial charge in [0.15, 0.2) is 0 Å². The maximum absolute atomic E-state index is 12.6. The molecule has 7 heteroatoms. The molecule has 0 radical (unpaired) electrons. The summed E-state index contributed by atoms with van der Waals surface area (Å²) < 4.78 is 36.7. The maximum atomic E-state index is 12.6. The highest BCUT2D eigenvalue weighted by atomic mass is 32.2. The molecule has 0 bridgehead atoms. The normalized spacial score (nSPS) is 11.9. The van der Waals surface area contributed by atoms with Crippen LogP contribution in [-0.2, 0) is 10.0 Å². The summed E-state index contributed by atoms with van der Waals surface area (Å²) in [6.07, 6.45) is 0. The molecule has 1 aromatic rings. The summed E-state index contributed by atoms with van der Waals surface area (Å²) in [4.78, 5) is 2.04. The fourth-order valence-electron chi connectivity index (χ4n) is 1.61. The first kappa shape index (κ1) is 16.7. The van der Waals surface area contributed by atoms with Crippen LogP contribution in [0, 0.1) is 0 Å². The lowest BCUT2D eigenvalue weighted by molar-refractivity contribution is 0.355. The molecule has 0 aliphatic heterocycles. The van der Waals surface area contributed by atoms with Gasteiger partial charge in [0.05, 0.1) is 14.2 Å². The number of sulfonamides is 1. The molecule has 0 amide bonds. The monoisotopic (exact) mass is 302 g/mol. The highest BCUT2D eigenvalue weighted by Gasteiger charge is 2.25. The Kier molecular flexibility index (Phi) is 5.79. The Labute approximate surface area is 120 Å². The lowest BCUT2D eigenvalue weighted by atomic mass is 10.3. The molecular formula is C13H22N2O4S. The van der Waals surface area contributed by atoms with E-state index in [0.717, 1.165) is 0 Å². The van der Waals surface area contributed by atoms with Crippen molar-refractivity contribution in [3.8, 4) is 11.5 Å². The molecule has 0 aromatic heterocycles. The average Bonchev–Trinajstić information content (AvgIpc) is 2.43. The maximum Gasteiger partial charge on any atom is 0.246 e. The van der Waals surface area contributed by atoms with E-state index in [-0.39, 0.29) is 4.90 Å². The third kappa shape index (κ3) is 3.84. The summed E-state index contributed by atoms with van der Waals surface area (Å²) in [5.41, 5.74) is 0. The molecule has 0 saturated carbocycles. The molecule has 0 saturated heterocycles. The van der Waals surface area contributed by atoms with Crippen LogP contribution in [-0.4, -0.2) is 66.1 Å². The quantitative estimate of drug-likeness (QED) is 0.748. The number of hydrogen-bond donors (Lipinski definition) is 0. The van der Waals surface area contributed by atoms with Crippen molar-refractivity contribution in [2.75, 3.05) is 48.5 Å². The van der Waals surface area contributed by atoms with Crippen LogP contribution in [0.25, 0.3) is 0 Å². The van der Waals surface area contributed by atoms with Crippen molar-refractivity contribution >= 4 is 10.0 Å². The molecular weight excluding hydrogens is 280 g/mol. The van der Waals surface area contributed by atoms with E-state index in [1.165, 1.54) is 24.6 Å². The average molecular weight is 302 g/mol. The van der Waals surface area contributed by atoms with Crippen molar-refractivity contribution in [1.29, 1.82) is 0 Å². The van der Waals surface area contributed by atoms with Crippen molar-refractivity contribution in [2.45, 2.75) is 4.90 Å². The van der Waals surface area contributed by atoms with Gasteiger partial charge in [0, 0.05) is 26.2 Å². The van der Waals surface area contributed by atoms with Gasteiger partial charge in [-0.1, -0.05) is 0 Å². The lowest BCUT2D eigenvalue weighted by Gasteiger charge is -2.21. The lowest BCUT2D eigenvalue weighted by Crippen LogP contribution is -2.33. The molecule has 6 nitrogen and oxygen atoms in total. The highest BCUT2D eigenvalue weighted by molar-refractivity contribution is 7.89. The van der Waals surface area contributed by atoms with Gasteiger partial charge in [-0.15, -0.1) is 0 Å². The van der Waals surface area contributed by atoms with Gasteiger partial charge in [-0.25, -0.2) is 8.42 Å². The molecule has 114 valence electrons. The summed E-state index contributed by atoms with van der Waals surface area (Å²) in [6.45, 7) is 1.04. The van der Waals surface area contributed by atoms with Gasteiger partial charge < -0.3 is 14.4 Å². The number of likely N-dealkylation sites (N-methyl/N-ethyl adjacent to an activating group) is 2. The second kappa shape index (κ2) is 6.92. The van der Waals surface area contributed by atoms with E-state index in [4.69, 9.17) is 9.47 Å². The summed E-state index contributed by atoms with van der Waals surface area (Å²) in [5.74, 6) is 0.785. The van der Waals surface area contributed by atoms with E-state index in [9.17, 15) is 8.42 Å². The SMILES string of the molecule is COc1ccc(OC)c(S(=O)(=O)N(C)CCN(C)C)c1. The van der Waals surface area contributed by atoms with Crippen molar-refractivity contribution in [3.63, 3.8) is 0 Å². The summed E-state index contributed by atoms with van der Waals surface area (Å²) in [5, 5.41) is 0. The smallest absolute Gasteiger partial charge is 0.246 e. The number of ether oxygens (including phenoxy) is 2. The minimum Gasteiger partial charge on any atom is -0.497 e. The third-order valence-corrected chi connectivity index (χ3v) is 4.80. The van der Waals surface area contributed by atoms with Crippen molar-refractivity contribution in [1.82, 2.24) is 9.21 Å². The molecule has 0 fully saturated rings. The Morgan fingerprint density at radius 1 is 1.05 bits per heavy atom. The standard InChI is InChI=1S/C13H22N2O4S/c1-14(2)8-9-15(3)20(16,17)13-10-11(18-4)6-7-12(13)19-5/h6-7,10H,8-9H2,1-5H3. The van der Waals surface area contributed by atoms with Crippen LogP contribution in [0.15, 0.2) is 23.1 Å². The van der Waals surface area contributed by atoms with Crippen LogP contribution in [0.3, 0.4) is 0 Å². The fourth-order valence-corrected chi connectivity index (χ4v) is 2.94. The van der Waals surface area contributed by atoms with E-state index in [1.54, 1.807) is 19.2 Å². The van der Waals surface area contributed by atoms with Gasteiger partial charge in [-0.05, 0) is 26.2 Å². The van der Waals surface area contributed by atoms with E-state index in [0.29, 0.717) is 24.6 Å². The topological polar surface area (TPSA) is 59.1 Å². The molecule has 20 heavy (non-hydrogen) atoms. The number of nitrogens with zero attached hydrogens (tertiary/aromatic N) is 2. The Hall–Kier alpha value is -1.31. The Balaban J connectivity index is 3.13. The second-order valence-electron chi connectivity index (χ2n) is 4.65. The number of hydrogen-bond acceptors (Lipinski definition) is 5. The van der Waals surface area contributed by atoms with Gasteiger partial charge in [0.25, 0.3) is 0 Å². The molecule has 0 atom stereocenters. The molecule has 0 aliphatic rings. The Bertz CT molecular complexity index is 543. The first-order chi connectivity index (χ1) is 9.32. The predicted octanol–water partition coefficient (Wildman–Crippen LogP) is 0.886. The Morgan fingerprint density at radius 3 is 2.20 bits per heavy atom. The largest absolute Gasteiger partial charge is 0.497 e. The molecule has 0 N–H and O–H groups in total. The zero-order valence-corrected chi connectivity index (χ0v) is 13.4. The van der Waals surface area contributed by atoms with Crippen molar-refractivity contribution in [2.24, 2.45) is 0 Å². The summed E-state index contributed by atoms with van der Waals surface area (Å²) >= 11 is 0. The van der Waals surface area contributed by atoms with Gasteiger partial charge in [0.2, 0.25) is 10.0 Å². The van der Waals surface area contributed by atoms with E-state index < -0.39 is 10.0 Å². The highest BCUT2D eigenvalue weighted by Crippen LogP contribution is 2.29. The van der Waals surface area contributed by atoms with E-state index in [2.05, 4.69) is 0 Å². The zero-order valence-electron chi connectivity index (χ0n) is 12.6. The van der Waals surface area contributed by atoms with Gasteiger partial charge in [-0.2, -0.15) is 4.31 Å². The molecule has 1 rings (SSSR count). The molecule has 0 unspecified atom stereocenters. The Morgan fingerprint density at radius 2 is 1.70 bits per heavy atom. The van der Waals surface area contributed by atoms with Crippen LogP contribution in [0.2, 0.25) is 0 Å². The minimum absolute atomic E-state index is 0.112. The number of rotatable bonds is 7. The van der Waals surface area contributed by atoms with Crippen LogP contribution >= 0.6 is 0 Å². The van der Waals surface area contributed by atoms with E-state index >= 15 is 0 Å². The molecule has 1 aromatic carbocycles. The number of methoxy groups -OCH3 is 2. The summed E-state index contributed by atoms with van der Waals surface area (Å²) in [6, 6.07) is 4.73. The molecule has 0 spiro atoms. The van der Waals surface area contributed by atoms with Gasteiger partial charge in [-0.3, -0.25) is 0 Å². The van der Waals surface area contributed by atoms with Crippen molar-refractivity contribution in [3.05, 3.63) is 18.2 Å². The first-order valence-corrected chi connectivity index (χ1v) is 7.60. The number of benzene rings is 1. The van der Waals surface area contributed by atoms with Gasteiger partial charge >= 0.3 is 0 Å². The molecule has 0 aliphatic carbocycles. The molecule has 0 heterocycles. The van der Waals surface area contributed by atoms with E-state index in [1.807, 2.05) is 19.0 Å². The zero-order chi connectivity index (χ0) is 15.3. The van der Waals surface area contributed by atoms with Crippen LogP contribution in [0.1, 0.15) is 0 Å². The van der Waals surface area contributed by atoms with Crippen molar-refractivity contribution < 1.29 is 17.9 Å². The predicted molar refractivity (Wildman–Crippen MR) is 77.9 cm³/mol. The second-order valence-corrected chi connectivity index (χ2v) is 6.66. The van der Waals surface area contributed by atoms with Gasteiger partial charge in [0.1, 0.15) is 16.4 Å². The summed E-state index contributed by atoms with van der Waals surface area (Å²) in [7, 11) is 4.67. The fraction of sp³-hybridized carbons (Fsp3) is 0.538. The van der Waals surface area contributed by atoms with Crippen LogP contribution in [0.4, 0.5) is 0 Å². The van der Waals surface area contributed by atoms with Crippen LogP contribution in [0.5, 0.6) is 11.5 Å². The first-order valence-electron chi connectivity index (χ1n) is 6.16.